The minimum Gasteiger partial charge on any atom is -0.321 e. The van der Waals surface area contributed by atoms with Crippen LogP contribution in [0.1, 0.15) is 24.7 Å². The molecule has 0 aliphatic carbocycles. The second-order valence-corrected chi connectivity index (χ2v) is 4.71. The van der Waals surface area contributed by atoms with Gasteiger partial charge in [-0.2, -0.15) is 5.10 Å². The van der Waals surface area contributed by atoms with Crippen LogP contribution >= 0.6 is 11.6 Å². The van der Waals surface area contributed by atoms with Crippen molar-refractivity contribution in [2.45, 2.75) is 25.4 Å². The zero-order valence-corrected chi connectivity index (χ0v) is 10.1. The fraction of sp³-hybridized carbons (Fsp3) is 0.333. The monoisotopic (exact) mass is 248 g/mol. The lowest BCUT2D eigenvalue weighted by Crippen LogP contribution is -2.22. The van der Waals surface area contributed by atoms with Gasteiger partial charge in [-0.1, -0.05) is 11.6 Å². The molecule has 5 heteroatoms. The van der Waals surface area contributed by atoms with Crippen LogP contribution in [0.15, 0.2) is 24.3 Å². The first-order valence-corrected chi connectivity index (χ1v) is 6.08. The van der Waals surface area contributed by atoms with Crippen LogP contribution in [0.4, 0.5) is 0 Å². The fourth-order valence-electron chi connectivity index (χ4n) is 2.10. The van der Waals surface area contributed by atoms with Gasteiger partial charge in [0, 0.05) is 17.1 Å². The SMILES string of the molecule is NC1CCCn2nc(-c3ccc(Cl)cc3)nc21. The second kappa shape index (κ2) is 4.13. The van der Waals surface area contributed by atoms with Gasteiger partial charge in [0.1, 0.15) is 5.82 Å². The van der Waals surface area contributed by atoms with Gasteiger partial charge in [-0.25, -0.2) is 9.67 Å². The van der Waals surface area contributed by atoms with E-state index >= 15 is 0 Å². The number of benzene rings is 1. The van der Waals surface area contributed by atoms with Crippen molar-refractivity contribution in [3.05, 3.63) is 35.1 Å². The molecule has 1 aromatic heterocycles. The maximum Gasteiger partial charge on any atom is 0.181 e. The van der Waals surface area contributed by atoms with Crippen molar-refractivity contribution >= 4 is 11.6 Å². The van der Waals surface area contributed by atoms with Gasteiger partial charge < -0.3 is 5.73 Å². The Labute approximate surface area is 104 Å². The van der Waals surface area contributed by atoms with E-state index in [1.807, 2.05) is 28.9 Å². The highest BCUT2D eigenvalue weighted by Gasteiger charge is 2.21. The molecule has 17 heavy (non-hydrogen) atoms. The van der Waals surface area contributed by atoms with Gasteiger partial charge in [-0.3, -0.25) is 0 Å². The molecule has 1 aliphatic rings. The number of nitrogens with zero attached hydrogens (tertiary/aromatic N) is 3. The van der Waals surface area contributed by atoms with E-state index in [0.29, 0.717) is 0 Å². The average molecular weight is 249 g/mol. The van der Waals surface area contributed by atoms with E-state index < -0.39 is 0 Å². The third-order valence-corrected chi connectivity index (χ3v) is 3.27. The van der Waals surface area contributed by atoms with E-state index in [0.717, 1.165) is 41.6 Å². The van der Waals surface area contributed by atoms with Gasteiger partial charge in [0.05, 0.1) is 6.04 Å². The molecule has 1 aliphatic heterocycles. The highest BCUT2D eigenvalue weighted by Crippen LogP contribution is 2.24. The number of aryl methyl sites for hydroxylation is 1. The van der Waals surface area contributed by atoms with Gasteiger partial charge in [-0.05, 0) is 37.1 Å². The Kier molecular flexibility index (Phi) is 2.61. The molecule has 1 atom stereocenters. The van der Waals surface area contributed by atoms with E-state index in [9.17, 15) is 0 Å². The summed E-state index contributed by atoms with van der Waals surface area (Å²) < 4.78 is 1.91. The molecule has 88 valence electrons. The van der Waals surface area contributed by atoms with Gasteiger partial charge in [-0.15, -0.1) is 0 Å². The molecule has 0 amide bonds. The highest BCUT2D eigenvalue weighted by atomic mass is 35.5. The predicted molar refractivity (Wildman–Crippen MR) is 66.6 cm³/mol. The summed E-state index contributed by atoms with van der Waals surface area (Å²) in [7, 11) is 0. The molecule has 0 bridgehead atoms. The fourth-order valence-corrected chi connectivity index (χ4v) is 2.23. The van der Waals surface area contributed by atoms with Crippen LogP contribution < -0.4 is 5.73 Å². The van der Waals surface area contributed by atoms with Crippen LogP contribution in [0.5, 0.6) is 0 Å². The molecule has 0 spiro atoms. The lowest BCUT2D eigenvalue weighted by atomic mass is 10.1. The van der Waals surface area contributed by atoms with Crippen LogP contribution in [0.3, 0.4) is 0 Å². The van der Waals surface area contributed by atoms with Crippen molar-refractivity contribution in [1.82, 2.24) is 14.8 Å². The van der Waals surface area contributed by atoms with Crippen molar-refractivity contribution in [1.29, 1.82) is 0 Å². The first kappa shape index (κ1) is 10.7. The number of nitrogens with two attached hydrogens (primary N) is 1. The van der Waals surface area contributed by atoms with Crippen molar-refractivity contribution < 1.29 is 0 Å². The molecule has 4 nitrogen and oxygen atoms in total. The average Bonchev–Trinajstić information content (AvgIpc) is 2.75. The maximum atomic E-state index is 6.02. The summed E-state index contributed by atoms with van der Waals surface area (Å²) in [5, 5.41) is 5.20. The van der Waals surface area contributed by atoms with E-state index in [4.69, 9.17) is 17.3 Å². The molecule has 1 unspecified atom stereocenters. The number of fused-ring (bicyclic) bond motifs is 1. The molecule has 1 aromatic carbocycles. The Hall–Kier alpha value is -1.39. The number of aromatic nitrogens is 3. The van der Waals surface area contributed by atoms with Crippen LogP contribution in [0, 0.1) is 0 Å². The molecule has 0 saturated heterocycles. The topological polar surface area (TPSA) is 56.7 Å². The second-order valence-electron chi connectivity index (χ2n) is 4.27. The van der Waals surface area contributed by atoms with Crippen molar-refractivity contribution in [3.8, 4) is 11.4 Å². The largest absolute Gasteiger partial charge is 0.321 e. The van der Waals surface area contributed by atoms with Crippen LogP contribution in [-0.2, 0) is 6.54 Å². The maximum absolute atomic E-state index is 6.02. The summed E-state index contributed by atoms with van der Waals surface area (Å²) in [5.41, 5.74) is 6.99. The smallest absolute Gasteiger partial charge is 0.181 e. The Bertz CT molecular complexity index is 532. The van der Waals surface area contributed by atoms with E-state index in [1.54, 1.807) is 0 Å². The molecule has 3 rings (SSSR count). The molecular weight excluding hydrogens is 236 g/mol. The summed E-state index contributed by atoms with van der Waals surface area (Å²) >= 11 is 5.86. The zero-order chi connectivity index (χ0) is 11.8. The lowest BCUT2D eigenvalue weighted by molar-refractivity contribution is 0.422. The van der Waals surface area contributed by atoms with Crippen LogP contribution in [0.25, 0.3) is 11.4 Å². The first-order chi connectivity index (χ1) is 8.24. The van der Waals surface area contributed by atoms with Crippen molar-refractivity contribution in [3.63, 3.8) is 0 Å². The quantitative estimate of drug-likeness (QED) is 0.843. The third kappa shape index (κ3) is 1.94. The first-order valence-electron chi connectivity index (χ1n) is 5.70. The molecule has 0 fully saturated rings. The molecule has 2 aromatic rings. The Morgan fingerprint density at radius 1 is 1.29 bits per heavy atom. The Morgan fingerprint density at radius 2 is 2.06 bits per heavy atom. The van der Waals surface area contributed by atoms with Gasteiger partial charge in [0.25, 0.3) is 0 Å². The summed E-state index contributed by atoms with van der Waals surface area (Å²) in [4.78, 5) is 4.52. The van der Waals surface area contributed by atoms with Crippen LogP contribution in [0.2, 0.25) is 5.02 Å². The molecule has 0 saturated carbocycles. The molecule has 0 radical (unpaired) electrons. The molecular formula is C12H13ClN4. The summed E-state index contributed by atoms with van der Waals surface area (Å²) in [6.07, 6.45) is 2.05. The number of hydrogen-bond donors (Lipinski definition) is 1. The summed E-state index contributed by atoms with van der Waals surface area (Å²) in [5.74, 6) is 1.62. The Morgan fingerprint density at radius 3 is 2.76 bits per heavy atom. The molecule has 2 heterocycles. The van der Waals surface area contributed by atoms with E-state index in [2.05, 4.69) is 10.1 Å². The van der Waals surface area contributed by atoms with Gasteiger partial charge in [0.15, 0.2) is 5.82 Å². The standard InChI is InChI=1S/C12H13ClN4/c13-9-5-3-8(4-6-9)11-15-12-10(14)2-1-7-17(12)16-11/h3-6,10H,1-2,7,14H2. The summed E-state index contributed by atoms with van der Waals surface area (Å²) in [6, 6.07) is 7.55. The van der Waals surface area contributed by atoms with Crippen molar-refractivity contribution in [2.24, 2.45) is 5.73 Å². The Balaban J connectivity index is 2.02. The number of hydrogen-bond acceptors (Lipinski definition) is 3. The van der Waals surface area contributed by atoms with Crippen LogP contribution in [-0.4, -0.2) is 14.8 Å². The van der Waals surface area contributed by atoms with Crippen molar-refractivity contribution in [2.75, 3.05) is 0 Å². The third-order valence-electron chi connectivity index (χ3n) is 3.02. The highest BCUT2D eigenvalue weighted by molar-refractivity contribution is 6.30. The lowest BCUT2D eigenvalue weighted by Gasteiger charge is -2.17. The number of rotatable bonds is 1. The zero-order valence-electron chi connectivity index (χ0n) is 9.31. The number of halogens is 1. The van der Waals surface area contributed by atoms with Gasteiger partial charge >= 0.3 is 0 Å². The van der Waals surface area contributed by atoms with E-state index in [-0.39, 0.29) is 6.04 Å². The van der Waals surface area contributed by atoms with Gasteiger partial charge in [0.2, 0.25) is 0 Å². The minimum absolute atomic E-state index is 0.0114. The summed E-state index contributed by atoms with van der Waals surface area (Å²) in [6.45, 7) is 0.906. The van der Waals surface area contributed by atoms with E-state index in [1.165, 1.54) is 0 Å². The predicted octanol–water partition coefficient (Wildman–Crippen LogP) is 2.39. The minimum atomic E-state index is 0.0114. The molecule has 2 N–H and O–H groups in total. The normalized spacial score (nSPS) is 19.1.